The summed E-state index contributed by atoms with van der Waals surface area (Å²) in [6.07, 6.45) is -3.80. The van der Waals surface area contributed by atoms with E-state index in [1.807, 2.05) is 52.0 Å². The molecule has 7 nitrogen and oxygen atoms in total. The minimum atomic E-state index is -4.73. The summed E-state index contributed by atoms with van der Waals surface area (Å²) in [4.78, 5) is 41.3. The number of carbonyl (C=O) groups excluding carboxylic acids is 1. The Morgan fingerprint density at radius 3 is 2.31 bits per heavy atom. The summed E-state index contributed by atoms with van der Waals surface area (Å²) in [6.45, 7) is 7.97. The average molecular weight is 606 g/mol. The van der Waals surface area contributed by atoms with E-state index in [0.29, 0.717) is 18.2 Å². The lowest BCUT2D eigenvalue weighted by molar-refractivity contribution is -0.139. The highest BCUT2D eigenvalue weighted by molar-refractivity contribution is 7.13. The van der Waals surface area contributed by atoms with Crippen molar-refractivity contribution in [3.8, 4) is 10.4 Å². The van der Waals surface area contributed by atoms with Crippen LogP contribution in [0.3, 0.4) is 0 Å². The van der Waals surface area contributed by atoms with Crippen molar-refractivity contribution in [2.75, 3.05) is 20.6 Å². The Morgan fingerprint density at radius 2 is 1.76 bits per heavy atom. The highest BCUT2D eigenvalue weighted by Gasteiger charge is 2.35. The molecule has 0 radical (unpaired) electrons. The van der Waals surface area contributed by atoms with Crippen LogP contribution in [0.25, 0.3) is 10.4 Å². The van der Waals surface area contributed by atoms with Gasteiger partial charge in [0, 0.05) is 23.7 Å². The first-order valence-corrected chi connectivity index (χ1v) is 14.6. The maximum Gasteiger partial charge on any atom is 0.416 e. The summed E-state index contributed by atoms with van der Waals surface area (Å²) in [5.74, 6) is -1.84. The molecule has 0 unspecified atom stereocenters. The molecular weight excluding hydrogens is 567 g/mol. The van der Waals surface area contributed by atoms with Gasteiger partial charge in [-0.15, -0.1) is 11.3 Å². The van der Waals surface area contributed by atoms with E-state index in [1.54, 1.807) is 24.4 Å². The van der Waals surface area contributed by atoms with E-state index in [-0.39, 0.29) is 24.3 Å². The van der Waals surface area contributed by atoms with Crippen LogP contribution in [-0.2, 0) is 22.2 Å². The predicted molar refractivity (Wildman–Crippen MR) is 159 cm³/mol. The van der Waals surface area contributed by atoms with E-state index in [9.17, 15) is 32.7 Å². The molecule has 0 saturated carbocycles. The average Bonchev–Trinajstić information content (AvgIpc) is 3.34. The summed E-state index contributed by atoms with van der Waals surface area (Å²) in [5, 5.41) is 14.3. The van der Waals surface area contributed by atoms with Gasteiger partial charge in [-0.05, 0) is 86.0 Å². The minimum Gasteiger partial charge on any atom is -0.481 e. The topological polar surface area (TPSA) is 91.6 Å². The maximum absolute atomic E-state index is 13.8. The van der Waals surface area contributed by atoms with Crippen molar-refractivity contribution < 1.29 is 27.9 Å². The van der Waals surface area contributed by atoms with Gasteiger partial charge in [-0.1, -0.05) is 32.0 Å². The molecule has 0 aliphatic rings. The van der Waals surface area contributed by atoms with Crippen LogP contribution in [0.2, 0.25) is 0 Å². The third-order valence-corrected chi connectivity index (χ3v) is 8.04. The Balaban J connectivity index is 2.02. The third-order valence-electron chi connectivity index (χ3n) is 7.07. The number of aliphatic carboxylic acids is 1. The minimum absolute atomic E-state index is 0.0236. The molecular formula is C31H38F3N3O4S. The molecule has 1 amide bonds. The van der Waals surface area contributed by atoms with E-state index >= 15 is 0 Å². The second-order valence-corrected chi connectivity index (χ2v) is 12.2. The van der Waals surface area contributed by atoms with Crippen molar-refractivity contribution in [3.05, 3.63) is 80.1 Å². The fraction of sp³-hybridized carbons (Fsp3) is 0.452. The van der Waals surface area contributed by atoms with Crippen molar-refractivity contribution >= 4 is 23.2 Å². The number of carboxylic acids is 1. The van der Waals surface area contributed by atoms with Gasteiger partial charge in [0.05, 0.1) is 18.0 Å². The molecule has 0 bridgehead atoms. The van der Waals surface area contributed by atoms with E-state index < -0.39 is 47.7 Å². The molecule has 2 N–H and O–H groups in total. The lowest BCUT2D eigenvalue weighted by atomic mass is 9.98. The van der Waals surface area contributed by atoms with Gasteiger partial charge in [0.15, 0.2) is 0 Å². The Bertz CT molecular complexity index is 1460. The number of aryl methyl sites for hydroxylation is 2. The van der Waals surface area contributed by atoms with Gasteiger partial charge < -0.3 is 19.9 Å². The molecule has 0 fully saturated rings. The smallest absolute Gasteiger partial charge is 0.416 e. The SMILES string of the molecule is Cc1cccc(C)c1-c1cc([C@H](CC(=O)O)NC(=O)[C@H](CC(C)C)n2cc(CCN(C)C)c(C(F)(F)F)cc2=O)cs1. The summed E-state index contributed by atoms with van der Waals surface area (Å²) in [5.41, 5.74) is 1.71. The summed E-state index contributed by atoms with van der Waals surface area (Å²) >= 11 is 1.43. The number of alkyl halides is 3. The van der Waals surface area contributed by atoms with E-state index in [1.165, 1.54) is 11.3 Å². The largest absolute Gasteiger partial charge is 0.481 e. The molecule has 0 saturated heterocycles. The Hall–Kier alpha value is -3.44. The van der Waals surface area contributed by atoms with Gasteiger partial charge in [0.1, 0.15) is 6.04 Å². The lowest BCUT2D eigenvalue weighted by Gasteiger charge is -2.26. The molecule has 0 spiro atoms. The number of carboxylic acid groups (broad SMARTS) is 1. The van der Waals surface area contributed by atoms with Gasteiger partial charge in [0.2, 0.25) is 5.91 Å². The van der Waals surface area contributed by atoms with Gasteiger partial charge in [-0.2, -0.15) is 13.2 Å². The molecule has 2 heterocycles. The van der Waals surface area contributed by atoms with Crippen LogP contribution in [-0.4, -0.2) is 47.1 Å². The molecule has 2 aromatic heterocycles. The summed E-state index contributed by atoms with van der Waals surface area (Å²) in [6, 6.07) is 6.31. The first kappa shape index (κ1) is 33.1. The number of likely N-dealkylation sites (N-methyl/N-ethyl adjacent to an activating group) is 1. The highest BCUT2D eigenvalue weighted by atomic mass is 32.1. The van der Waals surface area contributed by atoms with Crippen molar-refractivity contribution in [1.82, 2.24) is 14.8 Å². The molecule has 11 heteroatoms. The van der Waals surface area contributed by atoms with Crippen molar-refractivity contribution in [2.24, 2.45) is 5.92 Å². The number of halogens is 3. The Kier molecular flexibility index (Phi) is 10.8. The van der Waals surface area contributed by atoms with Crippen molar-refractivity contribution in [2.45, 2.75) is 65.2 Å². The quantitative estimate of drug-likeness (QED) is 0.255. The number of nitrogens with one attached hydrogen (secondary N) is 1. The molecule has 3 rings (SSSR count). The Morgan fingerprint density at radius 1 is 1.12 bits per heavy atom. The number of benzene rings is 1. The third kappa shape index (κ3) is 8.32. The van der Waals surface area contributed by atoms with Crippen LogP contribution < -0.4 is 10.9 Å². The fourth-order valence-electron chi connectivity index (χ4n) is 5.00. The van der Waals surface area contributed by atoms with E-state index in [2.05, 4.69) is 5.32 Å². The monoisotopic (exact) mass is 605 g/mol. The second kappa shape index (κ2) is 13.7. The van der Waals surface area contributed by atoms with Crippen LogP contribution in [0, 0.1) is 19.8 Å². The van der Waals surface area contributed by atoms with Crippen LogP contribution in [0.15, 0.2) is 46.7 Å². The van der Waals surface area contributed by atoms with Crippen LogP contribution in [0.1, 0.15) is 66.6 Å². The second-order valence-electron chi connectivity index (χ2n) is 11.3. The molecule has 3 aromatic rings. The summed E-state index contributed by atoms with van der Waals surface area (Å²) in [7, 11) is 3.47. The Labute approximate surface area is 248 Å². The first-order chi connectivity index (χ1) is 19.6. The van der Waals surface area contributed by atoms with E-state index in [0.717, 1.165) is 32.3 Å². The number of pyridine rings is 1. The molecule has 42 heavy (non-hydrogen) atoms. The molecule has 228 valence electrons. The molecule has 0 aliphatic heterocycles. The number of amides is 1. The zero-order valence-electron chi connectivity index (χ0n) is 24.7. The van der Waals surface area contributed by atoms with E-state index in [4.69, 9.17) is 0 Å². The van der Waals surface area contributed by atoms with Crippen LogP contribution in [0.5, 0.6) is 0 Å². The number of hydrogen-bond acceptors (Lipinski definition) is 5. The van der Waals surface area contributed by atoms with Crippen LogP contribution >= 0.6 is 11.3 Å². The van der Waals surface area contributed by atoms with Gasteiger partial charge in [-0.25, -0.2) is 0 Å². The zero-order valence-corrected chi connectivity index (χ0v) is 25.5. The van der Waals surface area contributed by atoms with Crippen molar-refractivity contribution in [3.63, 3.8) is 0 Å². The fourth-order valence-corrected chi connectivity index (χ4v) is 6.14. The van der Waals surface area contributed by atoms with Gasteiger partial charge in [-0.3, -0.25) is 14.4 Å². The molecule has 2 atom stereocenters. The first-order valence-electron chi connectivity index (χ1n) is 13.7. The van der Waals surface area contributed by atoms with Gasteiger partial charge >= 0.3 is 12.1 Å². The maximum atomic E-state index is 13.8. The van der Waals surface area contributed by atoms with Gasteiger partial charge in [0.25, 0.3) is 5.56 Å². The summed E-state index contributed by atoms with van der Waals surface area (Å²) < 4.78 is 42.5. The molecule has 1 aromatic carbocycles. The zero-order chi connectivity index (χ0) is 31.4. The standard InChI is InChI=1S/C31H38F3N3O4S/c1-18(2)12-25(37-16-21(10-11-36(5)6)23(14-27(37)38)31(32,33)34)30(41)35-24(15-28(39)40)22-13-26(42-17-22)29-19(3)8-7-9-20(29)4/h7-9,13-14,16-18,24-25H,10-12,15H2,1-6H3,(H,35,41)(H,39,40)/t24-,25-/m0/s1. The number of thiophene rings is 1. The lowest BCUT2D eigenvalue weighted by Crippen LogP contribution is -2.40. The highest BCUT2D eigenvalue weighted by Crippen LogP contribution is 2.36. The number of aromatic nitrogens is 1. The number of hydrogen-bond donors (Lipinski definition) is 2. The normalized spacial score (nSPS) is 13.4. The number of nitrogens with zero attached hydrogens (tertiary/aromatic N) is 2. The molecule has 0 aliphatic carbocycles. The number of rotatable bonds is 12. The number of carbonyl (C=O) groups is 2. The van der Waals surface area contributed by atoms with Crippen LogP contribution in [0.4, 0.5) is 13.2 Å². The van der Waals surface area contributed by atoms with Crippen molar-refractivity contribution in [1.29, 1.82) is 0 Å². The predicted octanol–water partition coefficient (Wildman–Crippen LogP) is 6.24.